The van der Waals surface area contributed by atoms with Gasteiger partial charge in [-0.05, 0) is 37.0 Å². The lowest BCUT2D eigenvalue weighted by Gasteiger charge is -2.14. The summed E-state index contributed by atoms with van der Waals surface area (Å²) in [5, 5.41) is 13.3. The fourth-order valence-electron chi connectivity index (χ4n) is 1.76. The lowest BCUT2D eigenvalue weighted by molar-refractivity contribution is -0.143. The number of methoxy groups -OCH3 is 1. The van der Waals surface area contributed by atoms with Crippen molar-refractivity contribution < 1.29 is 19.5 Å². The monoisotopic (exact) mass is 293 g/mol. The van der Waals surface area contributed by atoms with Crippen molar-refractivity contribution in [1.82, 2.24) is 0 Å². The summed E-state index contributed by atoms with van der Waals surface area (Å²) in [6.45, 7) is 6.31. The largest absolute Gasteiger partial charge is 0.508 e. The van der Waals surface area contributed by atoms with E-state index in [9.17, 15) is 9.90 Å². The van der Waals surface area contributed by atoms with Crippen molar-refractivity contribution in [2.75, 3.05) is 13.7 Å². The van der Waals surface area contributed by atoms with Gasteiger partial charge in [0.2, 0.25) is 0 Å². The average Bonchev–Trinajstić information content (AvgIpc) is 2.45. The number of phenolic OH excluding ortho intramolecular Hbond substituents is 1. The lowest BCUT2D eigenvalue weighted by atomic mass is 9.95. The van der Waals surface area contributed by atoms with Gasteiger partial charge in [0.25, 0.3) is 0 Å². The van der Waals surface area contributed by atoms with Crippen molar-refractivity contribution in [3.63, 3.8) is 0 Å². The summed E-state index contributed by atoms with van der Waals surface area (Å²) < 4.78 is 4.83. The minimum absolute atomic E-state index is 0.194. The first-order chi connectivity index (χ1) is 9.93. The zero-order valence-electron chi connectivity index (χ0n) is 13.0. The van der Waals surface area contributed by atoms with Crippen molar-refractivity contribution in [3.8, 4) is 5.75 Å². The highest BCUT2D eigenvalue weighted by atomic mass is 16.6. The smallest absolute Gasteiger partial charge is 0.314 e. The van der Waals surface area contributed by atoms with Crippen LogP contribution < -0.4 is 0 Å². The molecule has 5 nitrogen and oxygen atoms in total. The van der Waals surface area contributed by atoms with E-state index in [1.54, 1.807) is 31.2 Å². The van der Waals surface area contributed by atoms with Gasteiger partial charge < -0.3 is 14.7 Å². The van der Waals surface area contributed by atoms with Crippen LogP contribution in [0.3, 0.4) is 0 Å². The summed E-state index contributed by atoms with van der Waals surface area (Å²) in [6, 6.07) is 6.72. The molecule has 1 atom stereocenters. The third-order valence-corrected chi connectivity index (χ3v) is 2.98. The number of hydrogen-bond donors (Lipinski definition) is 1. The van der Waals surface area contributed by atoms with Gasteiger partial charge in [0.1, 0.15) is 18.3 Å². The Balaban J connectivity index is 2.80. The first-order valence-corrected chi connectivity index (χ1v) is 6.96. The third kappa shape index (κ3) is 5.85. The molecular formula is C16H23NO4. The molecule has 1 N–H and O–H groups in total. The second-order valence-corrected chi connectivity index (χ2v) is 5.37. The predicted octanol–water partition coefficient (Wildman–Crippen LogP) is 2.77. The molecule has 0 bridgehead atoms. The number of esters is 1. The molecule has 0 spiro atoms. The Labute approximate surface area is 125 Å². The number of aromatic hydroxyl groups is 1. The zero-order chi connectivity index (χ0) is 15.8. The van der Waals surface area contributed by atoms with Crippen LogP contribution >= 0.6 is 0 Å². The molecule has 0 aliphatic carbocycles. The van der Waals surface area contributed by atoms with E-state index in [0.29, 0.717) is 24.7 Å². The van der Waals surface area contributed by atoms with Gasteiger partial charge in [-0.2, -0.15) is 0 Å². The number of carbonyl (C=O) groups excluding carboxylic acids is 1. The molecule has 1 aromatic carbocycles. The Bertz CT molecular complexity index is 480. The summed E-state index contributed by atoms with van der Waals surface area (Å²) in [5.41, 5.74) is 1.50. The number of benzene rings is 1. The summed E-state index contributed by atoms with van der Waals surface area (Å²) in [5.74, 6) is -0.279. The van der Waals surface area contributed by atoms with Crippen molar-refractivity contribution in [3.05, 3.63) is 29.8 Å². The molecule has 5 heteroatoms. The molecule has 0 amide bonds. The molecule has 0 saturated carbocycles. The standard InChI is InChI=1S/C16H23NO4/c1-11(2)10-21-17-12(3)15(16(19)20-4)9-13-5-7-14(18)8-6-13/h5-8,11,15,18H,9-10H2,1-4H3. The maximum Gasteiger partial charge on any atom is 0.314 e. The van der Waals surface area contributed by atoms with E-state index in [0.717, 1.165) is 5.56 Å². The Morgan fingerprint density at radius 3 is 2.43 bits per heavy atom. The number of phenols is 1. The molecule has 116 valence electrons. The number of hydrogen-bond acceptors (Lipinski definition) is 5. The molecule has 0 aliphatic heterocycles. The maximum atomic E-state index is 11.9. The number of ether oxygens (including phenoxy) is 1. The number of nitrogens with zero attached hydrogens (tertiary/aromatic N) is 1. The third-order valence-electron chi connectivity index (χ3n) is 2.98. The van der Waals surface area contributed by atoms with Crippen LogP contribution in [-0.2, 0) is 20.8 Å². The predicted molar refractivity (Wildman–Crippen MR) is 81.2 cm³/mol. The zero-order valence-corrected chi connectivity index (χ0v) is 13.0. The summed E-state index contributed by atoms with van der Waals surface area (Å²) in [7, 11) is 1.36. The van der Waals surface area contributed by atoms with E-state index >= 15 is 0 Å². The van der Waals surface area contributed by atoms with E-state index in [-0.39, 0.29) is 11.7 Å². The molecule has 0 fully saturated rings. The first-order valence-electron chi connectivity index (χ1n) is 6.96. The molecular weight excluding hydrogens is 270 g/mol. The van der Waals surface area contributed by atoms with Gasteiger partial charge in [0.15, 0.2) is 0 Å². The Kier molecular flexibility index (Phi) is 6.72. The first kappa shape index (κ1) is 17.0. The van der Waals surface area contributed by atoms with Crippen molar-refractivity contribution in [1.29, 1.82) is 0 Å². The van der Waals surface area contributed by atoms with Crippen LogP contribution in [-0.4, -0.2) is 30.5 Å². The Morgan fingerprint density at radius 1 is 1.29 bits per heavy atom. The van der Waals surface area contributed by atoms with Crippen molar-refractivity contribution >= 4 is 11.7 Å². The molecule has 0 saturated heterocycles. The number of carbonyl (C=O) groups is 1. The molecule has 0 radical (unpaired) electrons. The minimum Gasteiger partial charge on any atom is -0.508 e. The van der Waals surface area contributed by atoms with Gasteiger partial charge in [-0.1, -0.05) is 31.1 Å². The summed E-state index contributed by atoms with van der Waals surface area (Å²) in [6.07, 6.45) is 0.452. The Hall–Kier alpha value is -2.04. The summed E-state index contributed by atoms with van der Waals surface area (Å²) >= 11 is 0. The van der Waals surface area contributed by atoms with Gasteiger partial charge in [0.05, 0.1) is 12.8 Å². The normalized spacial score (nSPS) is 13.1. The molecule has 1 rings (SSSR count). The van der Waals surface area contributed by atoms with E-state index < -0.39 is 5.92 Å². The van der Waals surface area contributed by atoms with Crippen molar-refractivity contribution in [2.24, 2.45) is 17.0 Å². The molecule has 0 heterocycles. The second kappa shape index (κ2) is 8.29. The van der Waals surface area contributed by atoms with Gasteiger partial charge in [-0.15, -0.1) is 0 Å². The van der Waals surface area contributed by atoms with E-state index in [2.05, 4.69) is 5.16 Å². The van der Waals surface area contributed by atoms with Crippen LogP contribution in [0.15, 0.2) is 29.4 Å². The van der Waals surface area contributed by atoms with Crippen LogP contribution in [0.4, 0.5) is 0 Å². The van der Waals surface area contributed by atoms with Gasteiger partial charge in [0, 0.05) is 0 Å². The van der Waals surface area contributed by atoms with Crippen LogP contribution in [0.5, 0.6) is 5.75 Å². The quantitative estimate of drug-likeness (QED) is 0.477. The van der Waals surface area contributed by atoms with E-state index in [1.807, 2.05) is 13.8 Å². The molecule has 1 aromatic rings. The maximum absolute atomic E-state index is 11.9. The molecule has 1 unspecified atom stereocenters. The second-order valence-electron chi connectivity index (χ2n) is 5.37. The van der Waals surface area contributed by atoms with Crippen LogP contribution in [0.2, 0.25) is 0 Å². The van der Waals surface area contributed by atoms with Crippen LogP contribution in [0.1, 0.15) is 26.3 Å². The molecule has 0 aromatic heterocycles. The highest BCUT2D eigenvalue weighted by Crippen LogP contribution is 2.16. The average molecular weight is 293 g/mol. The van der Waals surface area contributed by atoms with E-state index in [4.69, 9.17) is 9.57 Å². The minimum atomic E-state index is -0.494. The highest BCUT2D eigenvalue weighted by molar-refractivity contribution is 6.00. The highest BCUT2D eigenvalue weighted by Gasteiger charge is 2.23. The topological polar surface area (TPSA) is 68.1 Å². The Morgan fingerprint density at radius 2 is 1.90 bits per heavy atom. The van der Waals surface area contributed by atoms with Crippen LogP contribution in [0.25, 0.3) is 0 Å². The molecule has 0 aliphatic rings. The number of rotatable bonds is 7. The van der Waals surface area contributed by atoms with Gasteiger partial charge in [-0.3, -0.25) is 4.79 Å². The number of oxime groups is 1. The SMILES string of the molecule is COC(=O)C(Cc1ccc(O)cc1)C(C)=NOCC(C)C. The van der Waals surface area contributed by atoms with E-state index in [1.165, 1.54) is 7.11 Å². The fourth-order valence-corrected chi connectivity index (χ4v) is 1.76. The van der Waals surface area contributed by atoms with Gasteiger partial charge in [-0.25, -0.2) is 0 Å². The van der Waals surface area contributed by atoms with Crippen LogP contribution in [0, 0.1) is 11.8 Å². The van der Waals surface area contributed by atoms with Crippen molar-refractivity contribution in [2.45, 2.75) is 27.2 Å². The molecule has 21 heavy (non-hydrogen) atoms. The fraction of sp³-hybridized carbons (Fsp3) is 0.500. The van der Waals surface area contributed by atoms with Gasteiger partial charge >= 0.3 is 5.97 Å². The lowest BCUT2D eigenvalue weighted by Crippen LogP contribution is -2.26. The summed E-state index contributed by atoms with van der Waals surface area (Å²) in [4.78, 5) is 17.1.